The second-order valence-electron chi connectivity index (χ2n) is 4.91. The molecule has 100 valence electrons. The molecule has 5 heteroatoms. The lowest BCUT2D eigenvalue weighted by molar-refractivity contribution is -0.188. The van der Waals surface area contributed by atoms with Crippen LogP contribution < -0.4 is 5.73 Å². The van der Waals surface area contributed by atoms with E-state index in [1.807, 2.05) is 30.3 Å². The van der Waals surface area contributed by atoms with E-state index in [2.05, 4.69) is 0 Å². The molecule has 1 aromatic carbocycles. The first-order valence-corrected chi connectivity index (χ1v) is 6.03. The zero-order valence-electron chi connectivity index (χ0n) is 10.0. The summed E-state index contributed by atoms with van der Waals surface area (Å²) in [6.07, 6.45) is -4.11. The van der Waals surface area contributed by atoms with Crippen LogP contribution in [0.15, 0.2) is 30.3 Å². The Morgan fingerprint density at radius 2 is 1.83 bits per heavy atom. The van der Waals surface area contributed by atoms with Crippen molar-refractivity contribution in [1.82, 2.24) is 4.90 Å². The van der Waals surface area contributed by atoms with Crippen molar-refractivity contribution in [3.8, 4) is 0 Å². The molecule has 1 aromatic rings. The number of halogens is 3. The van der Waals surface area contributed by atoms with Gasteiger partial charge >= 0.3 is 6.18 Å². The van der Waals surface area contributed by atoms with Crippen LogP contribution >= 0.6 is 0 Å². The number of nitrogens with zero attached hydrogens (tertiary/aromatic N) is 1. The fraction of sp³-hybridized carbons (Fsp3) is 0.538. The summed E-state index contributed by atoms with van der Waals surface area (Å²) in [5, 5.41) is 0. The maximum atomic E-state index is 12.7. The minimum absolute atomic E-state index is 0.0365. The van der Waals surface area contributed by atoms with E-state index in [1.165, 1.54) is 0 Å². The van der Waals surface area contributed by atoms with Crippen molar-refractivity contribution in [2.75, 3.05) is 13.1 Å². The normalized spacial score (nSPS) is 26.2. The number of benzene rings is 1. The van der Waals surface area contributed by atoms with E-state index in [1.54, 1.807) is 4.90 Å². The number of hydrogen-bond donors (Lipinski definition) is 1. The number of nitrogens with two attached hydrogens (primary N) is 1. The Bertz CT molecular complexity index is 378. The Balaban J connectivity index is 2.01. The number of hydrogen-bond acceptors (Lipinski definition) is 2. The second kappa shape index (κ2) is 5.28. The third-order valence-corrected chi connectivity index (χ3v) is 3.27. The number of likely N-dealkylation sites (tertiary alicyclic amines) is 1. The van der Waals surface area contributed by atoms with E-state index in [4.69, 9.17) is 5.73 Å². The molecule has 1 heterocycles. The average Bonchev–Trinajstić information content (AvgIpc) is 2.28. The van der Waals surface area contributed by atoms with Gasteiger partial charge in [0.2, 0.25) is 0 Å². The highest BCUT2D eigenvalue weighted by Gasteiger charge is 2.43. The molecule has 1 aliphatic rings. The van der Waals surface area contributed by atoms with E-state index < -0.39 is 18.1 Å². The van der Waals surface area contributed by atoms with Crippen LogP contribution in [0, 0.1) is 5.92 Å². The molecule has 0 radical (unpaired) electrons. The lowest BCUT2D eigenvalue weighted by atomic mass is 9.94. The largest absolute Gasteiger partial charge is 0.393 e. The first kappa shape index (κ1) is 13.4. The summed E-state index contributed by atoms with van der Waals surface area (Å²) in [6.45, 7) is 1.11. The molecule has 2 nitrogen and oxygen atoms in total. The molecule has 1 fully saturated rings. The van der Waals surface area contributed by atoms with Crippen molar-refractivity contribution in [2.24, 2.45) is 11.7 Å². The minimum Gasteiger partial charge on any atom is -0.327 e. The monoisotopic (exact) mass is 258 g/mol. The van der Waals surface area contributed by atoms with Crippen LogP contribution in [0.3, 0.4) is 0 Å². The second-order valence-corrected chi connectivity index (χ2v) is 4.91. The Morgan fingerprint density at radius 3 is 2.44 bits per heavy atom. The van der Waals surface area contributed by atoms with Crippen molar-refractivity contribution in [3.05, 3.63) is 35.9 Å². The topological polar surface area (TPSA) is 29.3 Å². The van der Waals surface area contributed by atoms with Crippen LogP contribution in [-0.4, -0.2) is 30.2 Å². The van der Waals surface area contributed by atoms with Gasteiger partial charge in [0.1, 0.15) is 0 Å². The van der Waals surface area contributed by atoms with E-state index in [0.717, 1.165) is 5.56 Å². The summed E-state index contributed by atoms with van der Waals surface area (Å²) in [4.78, 5) is 1.79. The Kier molecular flexibility index (Phi) is 3.92. The quantitative estimate of drug-likeness (QED) is 0.882. The van der Waals surface area contributed by atoms with Crippen LogP contribution in [0.4, 0.5) is 13.2 Å². The van der Waals surface area contributed by atoms with Crippen molar-refractivity contribution in [2.45, 2.75) is 25.2 Å². The molecule has 0 unspecified atom stereocenters. The molecule has 0 aliphatic carbocycles. The van der Waals surface area contributed by atoms with E-state index in [9.17, 15) is 13.2 Å². The molecule has 2 atom stereocenters. The maximum absolute atomic E-state index is 12.7. The highest BCUT2D eigenvalue weighted by molar-refractivity contribution is 5.14. The van der Waals surface area contributed by atoms with Gasteiger partial charge in [-0.25, -0.2) is 0 Å². The fourth-order valence-corrected chi connectivity index (χ4v) is 2.44. The van der Waals surface area contributed by atoms with Gasteiger partial charge in [-0.2, -0.15) is 13.2 Å². The van der Waals surface area contributed by atoms with Crippen molar-refractivity contribution in [3.63, 3.8) is 0 Å². The van der Waals surface area contributed by atoms with E-state index >= 15 is 0 Å². The van der Waals surface area contributed by atoms with Gasteiger partial charge in [0, 0.05) is 25.7 Å². The summed E-state index contributed by atoms with van der Waals surface area (Å²) >= 11 is 0. The van der Waals surface area contributed by atoms with Crippen molar-refractivity contribution < 1.29 is 13.2 Å². The SMILES string of the molecule is N[C@H]1C[C@H](C(F)(F)F)CN(Cc2ccccc2)C1. The van der Waals surface area contributed by atoms with Gasteiger partial charge in [-0.3, -0.25) is 4.90 Å². The number of rotatable bonds is 2. The molecule has 0 saturated carbocycles. The first-order valence-electron chi connectivity index (χ1n) is 6.03. The lowest BCUT2D eigenvalue weighted by Crippen LogP contribution is -2.50. The fourth-order valence-electron chi connectivity index (χ4n) is 2.44. The average molecular weight is 258 g/mol. The molecule has 18 heavy (non-hydrogen) atoms. The van der Waals surface area contributed by atoms with Gasteiger partial charge in [-0.05, 0) is 12.0 Å². The molecule has 0 amide bonds. The predicted molar refractivity (Wildman–Crippen MR) is 63.9 cm³/mol. The van der Waals surface area contributed by atoms with Crippen LogP contribution in [0.5, 0.6) is 0 Å². The summed E-state index contributed by atoms with van der Waals surface area (Å²) in [5.74, 6) is -1.30. The molecule has 2 rings (SSSR count). The third-order valence-electron chi connectivity index (χ3n) is 3.27. The molecule has 2 N–H and O–H groups in total. The van der Waals surface area contributed by atoms with Crippen LogP contribution in [0.1, 0.15) is 12.0 Å². The van der Waals surface area contributed by atoms with Gasteiger partial charge in [-0.1, -0.05) is 30.3 Å². The molecule has 0 aromatic heterocycles. The minimum atomic E-state index is -4.15. The Hall–Kier alpha value is -1.07. The van der Waals surface area contributed by atoms with Gasteiger partial charge < -0.3 is 5.73 Å². The van der Waals surface area contributed by atoms with E-state index in [0.29, 0.717) is 13.1 Å². The molecular weight excluding hydrogens is 241 g/mol. The predicted octanol–water partition coefficient (Wildman–Crippen LogP) is 2.40. The van der Waals surface area contributed by atoms with E-state index in [-0.39, 0.29) is 13.0 Å². The third kappa shape index (κ3) is 3.46. The molecule has 0 bridgehead atoms. The Labute approximate surface area is 105 Å². The summed E-state index contributed by atoms with van der Waals surface area (Å²) in [7, 11) is 0. The highest BCUT2D eigenvalue weighted by atomic mass is 19.4. The first-order chi connectivity index (χ1) is 8.45. The molecule has 1 aliphatic heterocycles. The van der Waals surface area contributed by atoms with Gasteiger partial charge in [-0.15, -0.1) is 0 Å². The van der Waals surface area contributed by atoms with Gasteiger partial charge in [0.05, 0.1) is 5.92 Å². The number of alkyl halides is 3. The molecule has 1 saturated heterocycles. The lowest BCUT2D eigenvalue weighted by Gasteiger charge is -2.37. The van der Waals surface area contributed by atoms with Crippen LogP contribution in [-0.2, 0) is 6.54 Å². The zero-order valence-corrected chi connectivity index (χ0v) is 10.0. The smallest absolute Gasteiger partial charge is 0.327 e. The van der Waals surface area contributed by atoms with Crippen molar-refractivity contribution >= 4 is 0 Å². The zero-order chi connectivity index (χ0) is 13.2. The van der Waals surface area contributed by atoms with Crippen molar-refractivity contribution in [1.29, 1.82) is 0 Å². The highest BCUT2D eigenvalue weighted by Crippen LogP contribution is 2.33. The molecular formula is C13H17F3N2. The maximum Gasteiger partial charge on any atom is 0.393 e. The summed E-state index contributed by atoms with van der Waals surface area (Å²) in [6, 6.07) is 9.12. The van der Waals surface area contributed by atoms with Gasteiger partial charge in [0.25, 0.3) is 0 Å². The Morgan fingerprint density at radius 1 is 1.17 bits per heavy atom. The van der Waals surface area contributed by atoms with Crippen LogP contribution in [0.2, 0.25) is 0 Å². The van der Waals surface area contributed by atoms with Crippen LogP contribution in [0.25, 0.3) is 0 Å². The summed E-state index contributed by atoms with van der Waals surface area (Å²) in [5.41, 5.74) is 6.75. The molecule has 0 spiro atoms. The van der Waals surface area contributed by atoms with Gasteiger partial charge in [0.15, 0.2) is 0 Å². The summed E-state index contributed by atoms with van der Waals surface area (Å²) < 4.78 is 38.2. The standard InChI is InChI=1S/C13H17F3N2/c14-13(15,16)11-6-12(17)9-18(8-11)7-10-4-2-1-3-5-10/h1-5,11-12H,6-9,17H2/t11-,12-/m0/s1. The number of piperidine rings is 1.